The minimum absolute atomic E-state index is 0.121. The summed E-state index contributed by atoms with van der Waals surface area (Å²) < 4.78 is 0. The fraction of sp³-hybridized carbons (Fsp3) is 0.235. The number of hydrogen-bond acceptors (Lipinski definition) is 5. The van der Waals surface area contributed by atoms with Crippen LogP contribution in [0.5, 0.6) is 0 Å². The number of urea groups is 1. The molecular formula is C17H15N3O4. The number of barbiturate groups is 1. The number of nitriles is 1. The third-order valence-electron chi connectivity index (χ3n) is 3.87. The SMILES string of the molecule is CC=CCC1(C(C)=O)C(=O)NC(=O)N(c2cccc(C#N)c2)C1=O. The van der Waals surface area contributed by atoms with Crippen molar-refractivity contribution < 1.29 is 19.2 Å². The van der Waals surface area contributed by atoms with E-state index < -0.39 is 29.0 Å². The van der Waals surface area contributed by atoms with Crippen LogP contribution in [0.2, 0.25) is 0 Å². The molecule has 24 heavy (non-hydrogen) atoms. The molecule has 1 aromatic carbocycles. The highest BCUT2D eigenvalue weighted by Gasteiger charge is 2.57. The summed E-state index contributed by atoms with van der Waals surface area (Å²) in [6, 6.07) is 6.77. The van der Waals surface area contributed by atoms with Gasteiger partial charge in [0.25, 0.3) is 11.8 Å². The number of imide groups is 2. The molecule has 1 heterocycles. The maximum absolute atomic E-state index is 12.9. The van der Waals surface area contributed by atoms with Crippen molar-refractivity contribution >= 4 is 29.3 Å². The molecule has 7 heteroatoms. The zero-order valence-corrected chi connectivity index (χ0v) is 13.2. The maximum Gasteiger partial charge on any atom is 0.335 e. The molecular weight excluding hydrogens is 310 g/mol. The van der Waals surface area contributed by atoms with Crippen molar-refractivity contribution in [2.75, 3.05) is 4.90 Å². The van der Waals surface area contributed by atoms with E-state index in [0.717, 1.165) is 11.8 Å². The lowest BCUT2D eigenvalue weighted by atomic mass is 9.76. The molecule has 0 aromatic heterocycles. The number of allylic oxidation sites excluding steroid dienone is 2. The van der Waals surface area contributed by atoms with Crippen molar-refractivity contribution in [3.63, 3.8) is 0 Å². The Kier molecular flexibility index (Phi) is 4.60. The summed E-state index contributed by atoms with van der Waals surface area (Å²) in [5.74, 6) is -2.51. The van der Waals surface area contributed by atoms with Crippen LogP contribution in [0, 0.1) is 16.7 Å². The number of carbonyl (C=O) groups excluding carboxylic acids is 4. The van der Waals surface area contributed by atoms with Crippen LogP contribution in [0.4, 0.5) is 10.5 Å². The van der Waals surface area contributed by atoms with Gasteiger partial charge in [-0.1, -0.05) is 18.2 Å². The molecule has 0 aliphatic carbocycles. The molecule has 7 nitrogen and oxygen atoms in total. The van der Waals surface area contributed by atoms with Gasteiger partial charge in [0.2, 0.25) is 0 Å². The van der Waals surface area contributed by atoms with Crippen molar-refractivity contribution in [1.29, 1.82) is 5.26 Å². The summed E-state index contributed by atoms with van der Waals surface area (Å²) in [5, 5.41) is 11.0. The van der Waals surface area contributed by atoms with E-state index in [1.165, 1.54) is 30.3 Å². The van der Waals surface area contributed by atoms with E-state index in [2.05, 4.69) is 5.32 Å². The minimum Gasteiger partial charge on any atom is -0.298 e. The van der Waals surface area contributed by atoms with Gasteiger partial charge in [-0.3, -0.25) is 19.7 Å². The van der Waals surface area contributed by atoms with Crippen molar-refractivity contribution in [2.45, 2.75) is 20.3 Å². The number of nitrogens with one attached hydrogen (secondary N) is 1. The first-order valence-electron chi connectivity index (χ1n) is 7.20. The molecule has 122 valence electrons. The van der Waals surface area contributed by atoms with Crippen LogP contribution in [0.1, 0.15) is 25.8 Å². The Hall–Kier alpha value is -3.27. The predicted octanol–water partition coefficient (Wildman–Crippen LogP) is 1.68. The van der Waals surface area contributed by atoms with Gasteiger partial charge in [0, 0.05) is 0 Å². The molecule has 1 atom stereocenters. The number of hydrogen-bond donors (Lipinski definition) is 1. The lowest BCUT2D eigenvalue weighted by Crippen LogP contribution is -2.66. The van der Waals surface area contributed by atoms with Crippen molar-refractivity contribution in [2.24, 2.45) is 5.41 Å². The second-order valence-corrected chi connectivity index (χ2v) is 5.30. The fourth-order valence-corrected chi connectivity index (χ4v) is 2.52. The Balaban J connectivity index is 2.59. The topological polar surface area (TPSA) is 107 Å². The highest BCUT2D eigenvalue weighted by molar-refractivity contribution is 6.37. The zero-order valence-electron chi connectivity index (χ0n) is 13.2. The van der Waals surface area contributed by atoms with Crippen LogP contribution in [-0.4, -0.2) is 23.6 Å². The summed E-state index contributed by atoms with van der Waals surface area (Å²) in [5.41, 5.74) is -1.63. The quantitative estimate of drug-likeness (QED) is 0.669. The van der Waals surface area contributed by atoms with E-state index in [0.29, 0.717) is 0 Å². The van der Waals surface area contributed by atoms with Crippen LogP contribution >= 0.6 is 0 Å². The third kappa shape index (κ3) is 2.58. The van der Waals surface area contributed by atoms with E-state index in [1.54, 1.807) is 13.0 Å². The molecule has 0 bridgehead atoms. The van der Waals surface area contributed by atoms with Gasteiger partial charge >= 0.3 is 6.03 Å². The fourth-order valence-electron chi connectivity index (χ4n) is 2.52. The number of Topliss-reactive ketones (excluding diaryl/α,β-unsaturated/α-hetero) is 1. The maximum atomic E-state index is 12.9. The summed E-state index contributed by atoms with van der Waals surface area (Å²) in [6.07, 6.45) is 2.99. The third-order valence-corrected chi connectivity index (χ3v) is 3.87. The average molecular weight is 325 g/mol. The minimum atomic E-state index is -2.00. The van der Waals surface area contributed by atoms with Gasteiger partial charge in [-0.15, -0.1) is 0 Å². The van der Waals surface area contributed by atoms with Gasteiger partial charge in [0.05, 0.1) is 17.3 Å². The van der Waals surface area contributed by atoms with Crippen molar-refractivity contribution in [1.82, 2.24) is 5.32 Å². The first kappa shape index (κ1) is 17.1. The number of anilines is 1. The molecule has 2 rings (SSSR count). The molecule has 1 aliphatic rings. The summed E-state index contributed by atoms with van der Waals surface area (Å²) in [6.45, 7) is 2.83. The predicted molar refractivity (Wildman–Crippen MR) is 84.7 cm³/mol. The van der Waals surface area contributed by atoms with Gasteiger partial charge in [-0.05, 0) is 38.5 Å². The molecule has 0 spiro atoms. The molecule has 0 saturated carbocycles. The highest BCUT2D eigenvalue weighted by atomic mass is 16.2. The van der Waals surface area contributed by atoms with Crippen LogP contribution in [0.3, 0.4) is 0 Å². The Morgan fingerprint density at radius 2 is 2.08 bits per heavy atom. The monoisotopic (exact) mass is 325 g/mol. The number of nitrogens with zero attached hydrogens (tertiary/aromatic N) is 2. The van der Waals surface area contributed by atoms with Gasteiger partial charge in [-0.25, -0.2) is 9.69 Å². The molecule has 0 radical (unpaired) electrons. The lowest BCUT2D eigenvalue weighted by molar-refractivity contribution is -0.149. The normalized spacial score (nSPS) is 20.9. The number of rotatable bonds is 4. The first-order chi connectivity index (χ1) is 11.4. The van der Waals surface area contributed by atoms with E-state index in [9.17, 15) is 19.2 Å². The van der Waals surface area contributed by atoms with Gasteiger partial charge in [-0.2, -0.15) is 5.26 Å². The zero-order chi connectivity index (χ0) is 17.9. The number of amides is 4. The largest absolute Gasteiger partial charge is 0.335 e. The average Bonchev–Trinajstić information content (AvgIpc) is 2.54. The smallest absolute Gasteiger partial charge is 0.298 e. The van der Waals surface area contributed by atoms with Crippen LogP contribution < -0.4 is 10.2 Å². The van der Waals surface area contributed by atoms with Crippen molar-refractivity contribution in [3.05, 3.63) is 42.0 Å². The van der Waals surface area contributed by atoms with E-state index in [1.807, 2.05) is 6.07 Å². The second kappa shape index (κ2) is 6.46. The number of carbonyl (C=O) groups is 4. The molecule has 1 aliphatic heterocycles. The van der Waals surface area contributed by atoms with E-state index >= 15 is 0 Å². The Morgan fingerprint density at radius 3 is 2.67 bits per heavy atom. The van der Waals surface area contributed by atoms with Crippen molar-refractivity contribution in [3.8, 4) is 6.07 Å². The van der Waals surface area contributed by atoms with E-state index in [-0.39, 0.29) is 17.7 Å². The number of benzene rings is 1. The number of ketones is 1. The molecule has 4 amide bonds. The summed E-state index contributed by atoms with van der Waals surface area (Å²) >= 11 is 0. The molecule has 1 fully saturated rings. The van der Waals surface area contributed by atoms with Crippen LogP contribution in [-0.2, 0) is 14.4 Å². The summed E-state index contributed by atoms with van der Waals surface area (Å²) in [4.78, 5) is 50.3. The second-order valence-electron chi connectivity index (χ2n) is 5.30. The summed E-state index contributed by atoms with van der Waals surface area (Å²) in [7, 11) is 0. The molecule has 1 saturated heterocycles. The van der Waals surface area contributed by atoms with Gasteiger partial charge in [0.1, 0.15) is 0 Å². The Morgan fingerprint density at radius 1 is 1.38 bits per heavy atom. The van der Waals surface area contributed by atoms with Gasteiger partial charge < -0.3 is 0 Å². The highest BCUT2D eigenvalue weighted by Crippen LogP contribution is 2.33. The molecule has 1 unspecified atom stereocenters. The van der Waals surface area contributed by atoms with Gasteiger partial charge in [0.15, 0.2) is 11.2 Å². The van der Waals surface area contributed by atoms with Crippen LogP contribution in [0.25, 0.3) is 0 Å². The first-order valence-corrected chi connectivity index (χ1v) is 7.20. The Labute approximate surface area is 138 Å². The molecule has 1 aromatic rings. The lowest BCUT2D eigenvalue weighted by Gasteiger charge is -2.37. The standard InChI is InChI=1S/C17H15N3O4/c1-3-4-8-17(11(2)21)14(22)19-16(24)20(15(17)23)13-7-5-6-12(9-13)10-18/h3-7,9H,8H2,1-2H3,(H,19,22,24). The van der Waals surface area contributed by atoms with Crippen LogP contribution in [0.15, 0.2) is 36.4 Å². The molecule has 1 N–H and O–H groups in total. The van der Waals surface area contributed by atoms with E-state index in [4.69, 9.17) is 5.26 Å². The Bertz CT molecular complexity index is 806.